The number of aromatic nitrogens is 3. The summed E-state index contributed by atoms with van der Waals surface area (Å²) in [6.07, 6.45) is 13.8. The number of carbonyl (C=O) groups is 6. The number of hydrogen-bond acceptors (Lipinski definition) is 7. The number of halogens is 18. The van der Waals surface area contributed by atoms with Gasteiger partial charge in [-0.3, -0.25) is 33.7 Å². The fourth-order valence-corrected chi connectivity index (χ4v) is 5.50. The molecule has 0 aliphatic rings. The molecule has 0 fully saturated rings. The van der Waals surface area contributed by atoms with Gasteiger partial charge in [0.15, 0.2) is 37.2 Å². The fraction of sp³-hybridized carbons (Fsp3) is 0.462. The molecule has 6 N–H and O–H groups in total. The summed E-state index contributed by atoms with van der Waals surface area (Å²) in [5.41, 5.74) is 1.83. The van der Waals surface area contributed by atoms with Gasteiger partial charge in [-0.25, -0.2) is 0 Å². The van der Waals surface area contributed by atoms with Crippen LogP contribution >= 0.6 is 23.4 Å². The third-order valence-corrected chi connectivity index (χ3v) is 8.09. The molecule has 3 rings (SSSR count). The number of hydrogen-bond donors (Lipinski definition) is 6. The van der Waals surface area contributed by atoms with Gasteiger partial charge in [0.25, 0.3) is 17.7 Å². The molecular weight excluding hydrogens is 1140 g/mol. The van der Waals surface area contributed by atoms with E-state index in [1.165, 1.54) is 0 Å². The Morgan fingerprint density at radius 1 is 0.395 bits per heavy atom. The Hall–Kier alpha value is -5.74. The van der Waals surface area contributed by atoms with Crippen molar-refractivity contribution in [1.29, 1.82) is 0 Å². The molecule has 0 aliphatic heterocycles. The van der Waals surface area contributed by atoms with Crippen molar-refractivity contribution < 1.29 is 118 Å². The first-order valence-corrected chi connectivity index (χ1v) is 28.1. The van der Waals surface area contributed by atoms with Crippen LogP contribution in [0.4, 0.5) is 92.6 Å². The first-order chi connectivity index (χ1) is 33.9. The maximum atomic E-state index is 12.8. The first-order valence-electron chi connectivity index (χ1n) is 22.0. The molecule has 0 spiro atoms. The average molecular weight is 1200 g/mol. The monoisotopic (exact) mass is 1200 g/mol. The fourth-order valence-electron chi connectivity index (χ4n) is 5.50. The van der Waals surface area contributed by atoms with E-state index in [2.05, 4.69) is 31.9 Å². The van der Waals surface area contributed by atoms with Crippen LogP contribution in [0.3, 0.4) is 0 Å². The van der Waals surface area contributed by atoms with E-state index in [4.69, 9.17) is 0 Å². The van der Waals surface area contributed by atoms with Crippen LogP contribution in [0.15, 0.2) is 73.6 Å². The van der Waals surface area contributed by atoms with Gasteiger partial charge in [0.2, 0.25) is 37.4 Å². The van der Waals surface area contributed by atoms with E-state index < -0.39 is 23.4 Å². The molecule has 0 aromatic carbocycles. The quantitative estimate of drug-likeness (QED) is 0.0292. The Labute approximate surface area is 422 Å². The molecule has 16 nitrogen and oxygen atoms in total. The minimum absolute atomic E-state index is 0.0614. The zero-order valence-electron chi connectivity index (χ0n) is 40.4. The summed E-state index contributed by atoms with van der Waals surface area (Å²) in [7, 11) is -32.0. The number of anilines is 3. The van der Waals surface area contributed by atoms with Gasteiger partial charge in [-0.05, 0) is 37.5 Å². The van der Waals surface area contributed by atoms with E-state index in [1.807, 2.05) is 25.7 Å². The van der Waals surface area contributed by atoms with Crippen molar-refractivity contribution in [1.82, 2.24) is 20.9 Å². The summed E-state index contributed by atoms with van der Waals surface area (Å²) in [4.78, 5) is 76.4. The molecule has 76 heavy (non-hydrogen) atoms. The minimum atomic E-state index is -10.7. The van der Waals surface area contributed by atoms with E-state index >= 15 is 0 Å². The van der Waals surface area contributed by atoms with Crippen LogP contribution in [0.5, 0.6) is 0 Å². The van der Waals surface area contributed by atoms with Crippen molar-refractivity contribution >= 4 is 75.9 Å². The second kappa shape index (κ2) is 26.1. The van der Waals surface area contributed by atoms with Crippen molar-refractivity contribution in [3.8, 4) is 0 Å². The molecule has 0 aliphatic carbocycles. The van der Waals surface area contributed by atoms with E-state index in [0.29, 0.717) is 75.6 Å². The van der Waals surface area contributed by atoms with Crippen LogP contribution in [-0.4, -0.2) is 79.6 Å². The van der Waals surface area contributed by atoms with Gasteiger partial charge in [0.05, 0.1) is 0 Å². The zero-order chi connectivity index (χ0) is 59.1. The molecule has 0 saturated heterocycles. The van der Waals surface area contributed by atoms with E-state index in [-0.39, 0.29) is 55.1 Å². The molecule has 37 heteroatoms. The summed E-state index contributed by atoms with van der Waals surface area (Å²) in [5, 5.41) is 17.3. The first kappa shape index (κ1) is 70.3. The predicted molar refractivity (Wildman–Crippen MR) is 247 cm³/mol. The Kier molecular flexibility index (Phi) is 24.1. The van der Waals surface area contributed by atoms with Gasteiger partial charge in [0, 0.05) is 76.7 Å². The third kappa shape index (κ3) is 54.5. The number of nitrogens with zero attached hydrogens (tertiary/aromatic N) is 4. The molecule has 3 aromatic rings. The molecule has 0 bridgehead atoms. The number of nitrogens with one attached hydrogen (secondary N) is 6. The van der Waals surface area contributed by atoms with Gasteiger partial charge >= 0.3 is 99.0 Å². The van der Waals surface area contributed by atoms with Gasteiger partial charge < -0.3 is 31.9 Å². The Morgan fingerprint density at radius 2 is 0.605 bits per heavy atom. The third-order valence-electron chi connectivity index (χ3n) is 8.09. The molecule has 0 saturated carbocycles. The van der Waals surface area contributed by atoms with Crippen LogP contribution in [0, 0.1) is 0 Å². The van der Waals surface area contributed by atoms with Gasteiger partial charge in [-0.15, -0.1) is 0 Å². The second-order valence-electron chi connectivity index (χ2n) is 16.0. The summed E-state index contributed by atoms with van der Waals surface area (Å²) < 4.78 is 183. The summed E-state index contributed by atoms with van der Waals surface area (Å²) >= 11 is 0. The molecule has 6 amide bonds. The maximum absolute atomic E-state index is 12.8. The Bertz CT molecular complexity index is 2150. The topological polar surface area (TPSA) is 189 Å². The van der Waals surface area contributed by atoms with Crippen molar-refractivity contribution in [2.75, 3.05) is 55.2 Å². The van der Waals surface area contributed by atoms with Crippen LogP contribution < -0.4 is 45.6 Å². The summed E-state index contributed by atoms with van der Waals surface area (Å²) in [6.45, 7) is 8.32. The SMILES string of the molecule is CCCC(=O)Nc1ccc[n+](CC(=O)NCCN(CCNC(=O)C[n+]2cccc(NC(=O)CCC)c2)CCNC(=O)C[n+]2cccc(NC(=O)CCC)c2)c1.F[P-](F)(F)(F)(F)F.F[P-](F)(F)(F)(F)F.F[P-](F)(F)(F)(F)F. The normalized spacial score (nSPS) is 14.1. The van der Waals surface area contributed by atoms with Crippen LogP contribution in [0.1, 0.15) is 59.3 Å². The molecule has 0 atom stereocenters. The number of pyridine rings is 3. The van der Waals surface area contributed by atoms with Gasteiger partial charge in [0.1, 0.15) is 17.1 Å². The Balaban J connectivity index is 0.00000223. The van der Waals surface area contributed by atoms with E-state index in [9.17, 15) is 104 Å². The van der Waals surface area contributed by atoms with Crippen molar-refractivity contribution in [3.63, 3.8) is 0 Å². The number of carbonyl (C=O) groups excluding carboxylic acids is 6. The second-order valence-corrected chi connectivity index (χ2v) is 21.7. The van der Waals surface area contributed by atoms with E-state index in [1.54, 1.807) is 87.3 Å². The van der Waals surface area contributed by atoms with Gasteiger partial charge in [-0.1, -0.05) is 20.8 Å². The number of amides is 6. The van der Waals surface area contributed by atoms with Gasteiger partial charge in [-0.2, -0.15) is 13.7 Å². The molecule has 3 aromatic heterocycles. The zero-order valence-corrected chi connectivity index (χ0v) is 43.1. The van der Waals surface area contributed by atoms with Crippen molar-refractivity contribution in [2.24, 2.45) is 0 Å². The van der Waals surface area contributed by atoms with Crippen molar-refractivity contribution in [3.05, 3.63) is 73.6 Å². The summed E-state index contributed by atoms with van der Waals surface area (Å²) in [6, 6.07) is 10.6. The van der Waals surface area contributed by atoms with Crippen LogP contribution in [-0.2, 0) is 48.4 Å². The van der Waals surface area contributed by atoms with Crippen LogP contribution in [0.25, 0.3) is 0 Å². The average Bonchev–Trinajstić information content (AvgIpc) is 3.18. The predicted octanol–water partition coefficient (Wildman–Crippen LogP) is 11.0. The molecule has 0 radical (unpaired) electrons. The number of rotatable bonds is 24. The molecule has 440 valence electrons. The summed E-state index contributed by atoms with van der Waals surface area (Å²) in [5.74, 6) is -0.882. The molecule has 3 heterocycles. The standard InChI is InChI=1S/C39H54N10O6.3F6P/c1-4-10-34(50)43-31-13-7-19-47(25-31)28-37(53)40-16-22-46(23-17-41-38(54)29-48-20-8-14-32(26-48)44-35(51)11-5-2)24-18-42-39(55)30-49-21-9-15-33(27-49)45-36(52)12-6-3;3*1-7(2,3,4,5)6/h7-9,13-15,19-21,25-27H,4-6,10-12,16-18,22-24,28-30H2,1-3H3,(H3-3,40,41,42,43,44,45,50,51,52,53,54,55);;;/q;3*-1/p+3. The molecular formula is C39H57F18N10O6P3. The van der Waals surface area contributed by atoms with Crippen molar-refractivity contribution in [2.45, 2.75) is 78.9 Å². The van der Waals surface area contributed by atoms with E-state index in [0.717, 1.165) is 19.3 Å². The Morgan fingerprint density at radius 3 is 0.803 bits per heavy atom. The van der Waals surface area contributed by atoms with Crippen LogP contribution in [0.2, 0.25) is 0 Å². The molecule has 0 unspecified atom stereocenters.